The van der Waals surface area contributed by atoms with Gasteiger partial charge in [0.2, 0.25) is 0 Å². The van der Waals surface area contributed by atoms with Gasteiger partial charge >= 0.3 is 0 Å². The fourth-order valence-electron chi connectivity index (χ4n) is 2.07. The summed E-state index contributed by atoms with van der Waals surface area (Å²) >= 11 is 1.37. The van der Waals surface area contributed by atoms with E-state index in [4.69, 9.17) is 5.73 Å². The molecule has 0 spiro atoms. The number of aryl methyl sites for hydroxylation is 1. The highest BCUT2D eigenvalue weighted by atomic mass is 32.1. The molecule has 2 N–H and O–H groups in total. The predicted octanol–water partition coefficient (Wildman–Crippen LogP) is 2.54. The first-order valence-corrected chi connectivity index (χ1v) is 6.91. The molecule has 2 heterocycles. The molecule has 0 aliphatic heterocycles. The van der Waals surface area contributed by atoms with Gasteiger partial charge < -0.3 is 5.73 Å². The summed E-state index contributed by atoms with van der Waals surface area (Å²) in [5.74, 6) is -0.372. The van der Waals surface area contributed by atoms with Gasteiger partial charge in [0, 0.05) is 5.69 Å². The molecular formula is C14H12FN3OS. The van der Waals surface area contributed by atoms with Crippen molar-refractivity contribution in [2.24, 2.45) is 0 Å². The van der Waals surface area contributed by atoms with Crippen LogP contribution in [0.15, 0.2) is 34.7 Å². The van der Waals surface area contributed by atoms with E-state index in [0.29, 0.717) is 16.0 Å². The normalized spacial score (nSPS) is 11.1. The van der Waals surface area contributed by atoms with Gasteiger partial charge in [-0.3, -0.25) is 9.36 Å². The lowest BCUT2D eigenvalue weighted by Crippen LogP contribution is -2.21. The van der Waals surface area contributed by atoms with Gasteiger partial charge in [0.25, 0.3) is 5.56 Å². The van der Waals surface area contributed by atoms with E-state index in [2.05, 4.69) is 4.98 Å². The molecule has 3 aromatic rings. The highest BCUT2D eigenvalue weighted by Crippen LogP contribution is 2.20. The monoisotopic (exact) mass is 289 g/mol. The maximum Gasteiger partial charge on any atom is 0.271 e. The molecule has 4 nitrogen and oxygen atoms in total. The topological polar surface area (TPSA) is 60.9 Å². The lowest BCUT2D eigenvalue weighted by molar-refractivity contribution is 0.623. The Morgan fingerprint density at radius 2 is 2.25 bits per heavy atom. The zero-order chi connectivity index (χ0) is 14.3. The molecule has 0 saturated heterocycles. The van der Waals surface area contributed by atoms with Crippen LogP contribution in [0.25, 0.3) is 10.2 Å². The van der Waals surface area contributed by atoms with Crippen LogP contribution in [-0.4, -0.2) is 9.55 Å². The van der Waals surface area contributed by atoms with Crippen molar-refractivity contribution in [2.75, 3.05) is 5.73 Å². The first-order chi connectivity index (χ1) is 9.56. The average molecular weight is 289 g/mol. The van der Waals surface area contributed by atoms with Crippen LogP contribution in [-0.2, 0) is 6.54 Å². The lowest BCUT2D eigenvalue weighted by atomic mass is 10.1. The minimum Gasteiger partial charge on any atom is -0.398 e. The number of hydrogen-bond acceptors (Lipinski definition) is 4. The quantitative estimate of drug-likeness (QED) is 0.737. The summed E-state index contributed by atoms with van der Waals surface area (Å²) in [6, 6.07) is 4.13. The molecule has 20 heavy (non-hydrogen) atoms. The third-order valence-corrected chi connectivity index (χ3v) is 4.24. The smallest absolute Gasteiger partial charge is 0.271 e. The van der Waals surface area contributed by atoms with Crippen molar-refractivity contribution in [3.63, 3.8) is 0 Å². The van der Waals surface area contributed by atoms with Crippen LogP contribution in [0.5, 0.6) is 0 Å². The molecule has 2 aromatic heterocycles. The van der Waals surface area contributed by atoms with E-state index in [1.807, 2.05) is 12.3 Å². The van der Waals surface area contributed by atoms with Crippen molar-refractivity contribution in [2.45, 2.75) is 13.5 Å². The van der Waals surface area contributed by atoms with E-state index in [1.54, 1.807) is 0 Å². The molecule has 0 fully saturated rings. The largest absolute Gasteiger partial charge is 0.398 e. The van der Waals surface area contributed by atoms with E-state index in [0.717, 1.165) is 11.1 Å². The molecule has 0 aliphatic carbocycles. The van der Waals surface area contributed by atoms with Crippen LogP contribution in [0.4, 0.5) is 10.1 Å². The van der Waals surface area contributed by atoms with Gasteiger partial charge in [0.1, 0.15) is 10.5 Å². The fourth-order valence-corrected chi connectivity index (χ4v) is 3.02. The van der Waals surface area contributed by atoms with Gasteiger partial charge in [0.05, 0.1) is 18.4 Å². The van der Waals surface area contributed by atoms with Gasteiger partial charge in [0.15, 0.2) is 0 Å². The zero-order valence-electron chi connectivity index (χ0n) is 10.8. The molecule has 3 rings (SSSR count). The van der Waals surface area contributed by atoms with Crippen LogP contribution in [0.3, 0.4) is 0 Å². The number of halogens is 1. The Bertz CT molecular complexity index is 853. The number of rotatable bonds is 2. The van der Waals surface area contributed by atoms with Gasteiger partial charge in [-0.15, -0.1) is 11.3 Å². The number of hydrogen-bond donors (Lipinski definition) is 1. The number of fused-ring (bicyclic) bond motifs is 1. The van der Waals surface area contributed by atoms with Gasteiger partial charge in [-0.25, -0.2) is 9.37 Å². The number of benzene rings is 1. The zero-order valence-corrected chi connectivity index (χ0v) is 11.6. The highest BCUT2D eigenvalue weighted by molar-refractivity contribution is 7.17. The molecule has 0 amide bonds. The standard InChI is InChI=1S/C14H12FN3OS/c1-8-6-20-13-12(8)17-7-18(14(13)19)5-9-4-10(15)2-3-11(9)16/h2-4,6-7H,5,16H2,1H3. The number of anilines is 1. The second kappa shape index (κ2) is 4.72. The Morgan fingerprint density at radius 1 is 1.45 bits per heavy atom. The molecule has 1 aromatic carbocycles. The summed E-state index contributed by atoms with van der Waals surface area (Å²) in [6.07, 6.45) is 1.48. The number of thiophene rings is 1. The molecule has 102 valence electrons. The van der Waals surface area contributed by atoms with E-state index in [-0.39, 0.29) is 17.9 Å². The number of aromatic nitrogens is 2. The third-order valence-electron chi connectivity index (χ3n) is 3.17. The number of nitrogen functional groups attached to an aromatic ring is 1. The Morgan fingerprint density at radius 3 is 3.05 bits per heavy atom. The summed E-state index contributed by atoms with van der Waals surface area (Å²) in [5.41, 5.74) is 8.42. The van der Waals surface area contributed by atoms with Crippen LogP contribution in [0, 0.1) is 12.7 Å². The van der Waals surface area contributed by atoms with Gasteiger partial charge in [-0.2, -0.15) is 0 Å². The van der Waals surface area contributed by atoms with Gasteiger partial charge in [-0.05, 0) is 41.6 Å². The van der Waals surface area contributed by atoms with E-state index in [9.17, 15) is 9.18 Å². The second-order valence-corrected chi connectivity index (χ2v) is 5.50. The molecule has 0 saturated carbocycles. The first kappa shape index (κ1) is 12.8. The number of nitrogens with two attached hydrogens (primary N) is 1. The Kier molecular flexibility index (Phi) is 3.02. The SMILES string of the molecule is Cc1csc2c(=O)n(Cc3cc(F)ccc3N)cnc12. The minimum absolute atomic E-state index is 0.128. The Balaban J connectivity index is 2.09. The molecule has 0 unspecified atom stereocenters. The Labute approximate surface area is 118 Å². The number of nitrogens with zero attached hydrogens (tertiary/aromatic N) is 2. The molecule has 0 aliphatic rings. The van der Waals surface area contributed by atoms with Crippen LogP contribution in [0.2, 0.25) is 0 Å². The van der Waals surface area contributed by atoms with Crippen molar-refractivity contribution >= 4 is 27.2 Å². The summed E-state index contributed by atoms with van der Waals surface area (Å²) in [4.78, 5) is 16.6. The van der Waals surface area contributed by atoms with Crippen LogP contribution < -0.4 is 11.3 Å². The molecule has 0 atom stereocenters. The maximum atomic E-state index is 13.3. The van der Waals surface area contributed by atoms with Crippen molar-refractivity contribution in [1.82, 2.24) is 9.55 Å². The van der Waals surface area contributed by atoms with E-state index < -0.39 is 0 Å². The average Bonchev–Trinajstić information content (AvgIpc) is 2.79. The Hall–Kier alpha value is -2.21. The molecular weight excluding hydrogens is 277 g/mol. The van der Waals surface area contributed by atoms with Crippen molar-refractivity contribution in [1.29, 1.82) is 0 Å². The van der Waals surface area contributed by atoms with Crippen molar-refractivity contribution in [3.05, 3.63) is 57.2 Å². The molecule has 0 bridgehead atoms. The summed E-state index contributed by atoms with van der Waals surface area (Å²) < 4.78 is 15.3. The van der Waals surface area contributed by atoms with Crippen molar-refractivity contribution < 1.29 is 4.39 Å². The highest BCUT2D eigenvalue weighted by Gasteiger charge is 2.10. The fraction of sp³-hybridized carbons (Fsp3) is 0.143. The summed E-state index contributed by atoms with van der Waals surface area (Å²) in [6.45, 7) is 2.13. The second-order valence-electron chi connectivity index (χ2n) is 4.62. The lowest BCUT2D eigenvalue weighted by Gasteiger charge is -2.08. The first-order valence-electron chi connectivity index (χ1n) is 6.03. The molecule has 0 radical (unpaired) electrons. The van der Waals surface area contributed by atoms with Crippen LogP contribution >= 0.6 is 11.3 Å². The summed E-state index contributed by atoms with van der Waals surface area (Å²) in [5, 5.41) is 1.90. The van der Waals surface area contributed by atoms with Crippen molar-refractivity contribution in [3.8, 4) is 0 Å². The predicted molar refractivity (Wildman–Crippen MR) is 78.5 cm³/mol. The minimum atomic E-state index is -0.372. The summed E-state index contributed by atoms with van der Waals surface area (Å²) in [7, 11) is 0. The maximum absolute atomic E-state index is 13.3. The van der Waals surface area contributed by atoms with E-state index >= 15 is 0 Å². The van der Waals surface area contributed by atoms with Crippen LogP contribution in [0.1, 0.15) is 11.1 Å². The molecule has 6 heteroatoms. The van der Waals surface area contributed by atoms with E-state index in [1.165, 1.54) is 40.4 Å². The van der Waals surface area contributed by atoms with Gasteiger partial charge in [-0.1, -0.05) is 0 Å². The third kappa shape index (κ3) is 2.08.